The molecule has 4 aromatic rings. The quantitative estimate of drug-likeness (QED) is 0.572. The molecule has 0 fully saturated rings. The zero-order valence-corrected chi connectivity index (χ0v) is 14.9. The van der Waals surface area contributed by atoms with E-state index in [2.05, 4.69) is 20.6 Å². The van der Waals surface area contributed by atoms with E-state index in [1.54, 1.807) is 28.5 Å². The minimum Gasteiger partial charge on any atom is -0.296 e. The van der Waals surface area contributed by atoms with E-state index in [1.165, 1.54) is 11.3 Å². The summed E-state index contributed by atoms with van der Waals surface area (Å²) in [5.74, 6) is -0.297. The van der Waals surface area contributed by atoms with Gasteiger partial charge in [-0.05, 0) is 24.3 Å². The molecule has 26 heavy (non-hydrogen) atoms. The zero-order chi connectivity index (χ0) is 17.9. The highest BCUT2D eigenvalue weighted by atomic mass is 35.5. The highest BCUT2D eigenvalue weighted by molar-refractivity contribution is 7.13. The summed E-state index contributed by atoms with van der Waals surface area (Å²) in [6, 6.07) is 16.8. The Balaban J connectivity index is 1.78. The van der Waals surface area contributed by atoms with Gasteiger partial charge < -0.3 is 0 Å². The third-order valence-corrected chi connectivity index (χ3v) is 4.54. The Kier molecular flexibility index (Phi) is 4.47. The van der Waals surface area contributed by atoms with Gasteiger partial charge in [0.2, 0.25) is 5.13 Å². The molecule has 128 valence electrons. The fourth-order valence-corrected chi connectivity index (χ4v) is 3.03. The van der Waals surface area contributed by atoms with Gasteiger partial charge in [-0.3, -0.25) is 10.1 Å². The SMILES string of the molecule is O=C(Nc1nncs1)c1cn(-c2ccccc2)nc1-c1ccc(Cl)cc1. The van der Waals surface area contributed by atoms with Crippen LogP contribution >= 0.6 is 22.9 Å². The number of aromatic nitrogens is 4. The molecule has 4 rings (SSSR count). The van der Waals surface area contributed by atoms with Crippen LogP contribution in [-0.4, -0.2) is 25.9 Å². The average Bonchev–Trinajstić information content (AvgIpc) is 3.33. The van der Waals surface area contributed by atoms with Crippen LogP contribution in [-0.2, 0) is 0 Å². The van der Waals surface area contributed by atoms with Crippen molar-refractivity contribution in [2.75, 3.05) is 5.32 Å². The maximum Gasteiger partial charge on any atom is 0.261 e. The Morgan fingerprint density at radius 2 is 1.85 bits per heavy atom. The van der Waals surface area contributed by atoms with Crippen LogP contribution in [0.1, 0.15) is 10.4 Å². The fourth-order valence-electron chi connectivity index (χ4n) is 2.47. The average molecular weight is 382 g/mol. The van der Waals surface area contributed by atoms with Crippen molar-refractivity contribution in [2.24, 2.45) is 0 Å². The number of halogens is 1. The van der Waals surface area contributed by atoms with Crippen molar-refractivity contribution in [3.63, 3.8) is 0 Å². The minimum absolute atomic E-state index is 0.297. The van der Waals surface area contributed by atoms with E-state index in [9.17, 15) is 4.79 Å². The van der Waals surface area contributed by atoms with Crippen molar-refractivity contribution in [1.29, 1.82) is 0 Å². The molecule has 2 heterocycles. The van der Waals surface area contributed by atoms with Gasteiger partial charge in [0.25, 0.3) is 5.91 Å². The summed E-state index contributed by atoms with van der Waals surface area (Å²) >= 11 is 7.23. The van der Waals surface area contributed by atoms with Crippen molar-refractivity contribution in [3.8, 4) is 16.9 Å². The number of anilines is 1. The first-order chi connectivity index (χ1) is 12.7. The van der Waals surface area contributed by atoms with Gasteiger partial charge in [0.1, 0.15) is 11.2 Å². The zero-order valence-electron chi connectivity index (χ0n) is 13.3. The van der Waals surface area contributed by atoms with Crippen molar-refractivity contribution in [1.82, 2.24) is 20.0 Å². The number of amides is 1. The van der Waals surface area contributed by atoms with Crippen LogP contribution in [0, 0.1) is 0 Å². The van der Waals surface area contributed by atoms with Gasteiger partial charge in [-0.2, -0.15) is 5.10 Å². The van der Waals surface area contributed by atoms with Gasteiger partial charge in [0.15, 0.2) is 0 Å². The molecule has 0 spiro atoms. The van der Waals surface area contributed by atoms with E-state index < -0.39 is 0 Å². The lowest BCUT2D eigenvalue weighted by Gasteiger charge is -2.02. The van der Waals surface area contributed by atoms with Crippen molar-refractivity contribution < 1.29 is 4.79 Å². The summed E-state index contributed by atoms with van der Waals surface area (Å²) < 4.78 is 1.68. The van der Waals surface area contributed by atoms with Gasteiger partial charge in [-0.1, -0.05) is 53.3 Å². The number of nitrogens with zero attached hydrogens (tertiary/aromatic N) is 4. The Hall–Kier alpha value is -3.03. The van der Waals surface area contributed by atoms with Crippen LogP contribution in [0.15, 0.2) is 66.3 Å². The largest absolute Gasteiger partial charge is 0.296 e. The summed E-state index contributed by atoms with van der Waals surface area (Å²) in [4.78, 5) is 12.8. The standard InChI is InChI=1S/C18H12ClN5OS/c19-13-8-6-12(7-9-13)16-15(17(25)21-18-22-20-11-26-18)10-24(23-16)14-4-2-1-3-5-14/h1-11H,(H,21,22,25). The molecule has 8 heteroatoms. The van der Waals surface area contributed by atoms with E-state index >= 15 is 0 Å². The van der Waals surface area contributed by atoms with Crippen molar-refractivity contribution >= 4 is 34.0 Å². The van der Waals surface area contributed by atoms with Crippen LogP contribution < -0.4 is 5.32 Å². The van der Waals surface area contributed by atoms with Crippen molar-refractivity contribution in [2.45, 2.75) is 0 Å². The van der Waals surface area contributed by atoms with Gasteiger partial charge in [-0.15, -0.1) is 10.2 Å². The highest BCUT2D eigenvalue weighted by Gasteiger charge is 2.19. The minimum atomic E-state index is -0.297. The van der Waals surface area contributed by atoms with Crippen molar-refractivity contribution in [3.05, 3.63) is 76.9 Å². The topological polar surface area (TPSA) is 72.7 Å². The van der Waals surface area contributed by atoms with Crippen LogP contribution in [0.3, 0.4) is 0 Å². The van der Waals surface area contributed by atoms with E-state index in [1.807, 2.05) is 42.5 Å². The van der Waals surface area contributed by atoms with E-state index in [-0.39, 0.29) is 5.91 Å². The number of carbonyl (C=O) groups is 1. The van der Waals surface area contributed by atoms with E-state index in [0.717, 1.165) is 11.3 Å². The molecule has 0 bridgehead atoms. The Morgan fingerprint density at radius 1 is 1.08 bits per heavy atom. The smallest absolute Gasteiger partial charge is 0.261 e. The molecule has 0 atom stereocenters. The number of carbonyl (C=O) groups excluding carboxylic acids is 1. The second kappa shape index (κ2) is 7.07. The second-order valence-electron chi connectivity index (χ2n) is 5.38. The number of para-hydroxylation sites is 1. The van der Waals surface area contributed by atoms with Crippen LogP contribution in [0.4, 0.5) is 5.13 Å². The second-order valence-corrected chi connectivity index (χ2v) is 6.65. The molecule has 6 nitrogen and oxygen atoms in total. The van der Waals surface area contributed by atoms with Crippen LogP contribution in [0.2, 0.25) is 5.02 Å². The molecule has 0 unspecified atom stereocenters. The molecule has 2 aromatic carbocycles. The molecule has 1 N–H and O–H groups in total. The summed E-state index contributed by atoms with van der Waals surface area (Å²) in [5, 5.41) is 16.0. The molecule has 0 aliphatic heterocycles. The molecule has 0 saturated heterocycles. The Labute approximate surface area is 158 Å². The molecular weight excluding hydrogens is 370 g/mol. The summed E-state index contributed by atoms with van der Waals surface area (Å²) in [6.45, 7) is 0. The molecule has 0 saturated carbocycles. The fraction of sp³-hybridized carbons (Fsp3) is 0. The third-order valence-electron chi connectivity index (χ3n) is 3.68. The first kappa shape index (κ1) is 16.4. The molecule has 0 aliphatic carbocycles. The summed E-state index contributed by atoms with van der Waals surface area (Å²) in [5.41, 5.74) is 4.21. The van der Waals surface area contributed by atoms with Gasteiger partial charge in [-0.25, -0.2) is 4.68 Å². The number of hydrogen-bond donors (Lipinski definition) is 1. The number of hydrogen-bond acceptors (Lipinski definition) is 5. The number of rotatable bonds is 4. The molecule has 1 amide bonds. The molecule has 0 aliphatic rings. The van der Waals surface area contributed by atoms with Gasteiger partial charge >= 0.3 is 0 Å². The van der Waals surface area contributed by atoms with Gasteiger partial charge in [0.05, 0.1) is 11.3 Å². The highest BCUT2D eigenvalue weighted by Crippen LogP contribution is 2.26. The summed E-state index contributed by atoms with van der Waals surface area (Å²) in [6.07, 6.45) is 1.70. The lowest BCUT2D eigenvalue weighted by atomic mass is 10.1. The maximum absolute atomic E-state index is 12.8. The van der Waals surface area contributed by atoms with Gasteiger partial charge in [0, 0.05) is 16.8 Å². The molecule has 2 aromatic heterocycles. The number of nitrogens with one attached hydrogen (secondary N) is 1. The third kappa shape index (κ3) is 3.35. The Morgan fingerprint density at radius 3 is 2.54 bits per heavy atom. The lowest BCUT2D eigenvalue weighted by molar-refractivity contribution is 0.102. The van der Waals surface area contributed by atoms with Crippen LogP contribution in [0.5, 0.6) is 0 Å². The van der Waals surface area contributed by atoms with E-state index in [0.29, 0.717) is 21.4 Å². The first-order valence-electron chi connectivity index (χ1n) is 7.69. The molecule has 0 radical (unpaired) electrons. The first-order valence-corrected chi connectivity index (χ1v) is 8.95. The van der Waals surface area contributed by atoms with E-state index in [4.69, 9.17) is 11.6 Å². The summed E-state index contributed by atoms with van der Waals surface area (Å²) in [7, 11) is 0. The normalized spacial score (nSPS) is 10.7. The molecular formula is C18H12ClN5OS. The predicted octanol–water partition coefficient (Wildman–Crippen LogP) is 4.30. The monoisotopic (exact) mass is 381 g/mol. The number of benzene rings is 2. The lowest BCUT2D eigenvalue weighted by Crippen LogP contribution is -2.12. The maximum atomic E-state index is 12.8. The van der Waals surface area contributed by atoms with Crippen LogP contribution in [0.25, 0.3) is 16.9 Å². The predicted molar refractivity (Wildman–Crippen MR) is 102 cm³/mol. The Bertz CT molecular complexity index is 1030.